The molecular weight excluding hydrogens is 250 g/mol. The van der Waals surface area contributed by atoms with E-state index in [9.17, 15) is 9.90 Å². The molecule has 1 saturated heterocycles. The predicted molar refractivity (Wildman–Crippen MR) is 69.7 cm³/mol. The molecule has 1 amide bonds. The third-order valence-corrected chi connectivity index (χ3v) is 2.95. The number of piperidine rings is 1. The zero-order valence-electron chi connectivity index (χ0n) is 12.2. The minimum atomic E-state index is -0.505. The van der Waals surface area contributed by atoms with Gasteiger partial charge in [-0.1, -0.05) is 0 Å². The van der Waals surface area contributed by atoms with E-state index in [4.69, 9.17) is 14.2 Å². The molecule has 6 nitrogen and oxygen atoms in total. The molecule has 0 radical (unpaired) electrons. The van der Waals surface area contributed by atoms with Crippen LogP contribution in [0.25, 0.3) is 0 Å². The summed E-state index contributed by atoms with van der Waals surface area (Å²) in [5, 5.41) is 9.39. The van der Waals surface area contributed by atoms with Gasteiger partial charge >= 0.3 is 6.09 Å². The molecule has 6 heteroatoms. The van der Waals surface area contributed by atoms with Crippen molar-refractivity contribution >= 4 is 6.09 Å². The van der Waals surface area contributed by atoms with Gasteiger partial charge in [-0.15, -0.1) is 0 Å². The normalized spacial score (nSPS) is 24.4. The molecular formula is C13H25NO5. The van der Waals surface area contributed by atoms with Gasteiger partial charge in [-0.05, 0) is 27.2 Å². The third kappa shape index (κ3) is 5.34. The van der Waals surface area contributed by atoms with Gasteiger partial charge in [-0.2, -0.15) is 0 Å². The maximum absolute atomic E-state index is 12.0. The van der Waals surface area contributed by atoms with Crippen LogP contribution < -0.4 is 0 Å². The van der Waals surface area contributed by atoms with Gasteiger partial charge in [-0.3, -0.25) is 0 Å². The largest absolute Gasteiger partial charge is 0.444 e. The fourth-order valence-corrected chi connectivity index (χ4v) is 2.05. The Bertz CT molecular complexity index is 289. The number of likely N-dealkylation sites (tertiary alicyclic amines) is 1. The molecule has 1 fully saturated rings. The molecule has 1 aliphatic heterocycles. The number of carbonyl (C=O) groups is 1. The van der Waals surface area contributed by atoms with Crippen LogP contribution in [0.15, 0.2) is 0 Å². The summed E-state index contributed by atoms with van der Waals surface area (Å²) in [6.45, 7) is 6.70. The molecule has 19 heavy (non-hydrogen) atoms. The summed E-state index contributed by atoms with van der Waals surface area (Å²) in [7, 11) is 1.56. The van der Waals surface area contributed by atoms with Crippen molar-refractivity contribution in [2.75, 3.05) is 33.6 Å². The molecule has 1 heterocycles. The fourth-order valence-electron chi connectivity index (χ4n) is 2.05. The number of methoxy groups -OCH3 is 1. The van der Waals surface area contributed by atoms with Crippen LogP contribution in [0.2, 0.25) is 0 Å². The number of aliphatic hydroxyl groups is 1. The minimum Gasteiger partial charge on any atom is -0.444 e. The minimum absolute atomic E-state index is 0.0202. The highest BCUT2D eigenvalue weighted by Gasteiger charge is 2.33. The summed E-state index contributed by atoms with van der Waals surface area (Å²) in [6, 6.07) is 0. The zero-order valence-corrected chi connectivity index (χ0v) is 12.2. The molecule has 0 aromatic carbocycles. The Labute approximate surface area is 114 Å². The van der Waals surface area contributed by atoms with E-state index < -0.39 is 5.60 Å². The monoisotopic (exact) mass is 275 g/mol. The lowest BCUT2D eigenvalue weighted by atomic mass is 9.95. The highest BCUT2D eigenvalue weighted by molar-refractivity contribution is 5.68. The average molecular weight is 275 g/mol. The number of nitrogens with zero attached hydrogens (tertiary/aromatic N) is 1. The maximum atomic E-state index is 12.0. The molecule has 0 bridgehead atoms. The van der Waals surface area contributed by atoms with Crippen LogP contribution in [-0.4, -0.2) is 61.4 Å². The highest BCUT2D eigenvalue weighted by atomic mass is 16.7. The van der Waals surface area contributed by atoms with Crippen LogP contribution in [0.3, 0.4) is 0 Å². The lowest BCUT2D eigenvalue weighted by Gasteiger charge is -2.37. The molecule has 1 rings (SSSR count). The quantitative estimate of drug-likeness (QED) is 0.781. The highest BCUT2D eigenvalue weighted by Crippen LogP contribution is 2.22. The fraction of sp³-hybridized carbons (Fsp3) is 0.923. The number of ether oxygens (including phenoxy) is 3. The topological polar surface area (TPSA) is 68.2 Å². The molecule has 1 N–H and O–H groups in total. The molecule has 0 unspecified atom stereocenters. The SMILES string of the molecule is COCO[C@@H]1CCN(C(=O)OC(C)(C)C)C[C@@H]1CO. The Morgan fingerprint density at radius 2 is 2.11 bits per heavy atom. The molecule has 1 aliphatic rings. The van der Waals surface area contributed by atoms with Crippen molar-refractivity contribution in [3.05, 3.63) is 0 Å². The summed E-state index contributed by atoms with van der Waals surface area (Å²) in [5.41, 5.74) is -0.505. The second-order valence-corrected chi connectivity index (χ2v) is 5.77. The maximum Gasteiger partial charge on any atom is 0.410 e. The first-order valence-electron chi connectivity index (χ1n) is 6.56. The van der Waals surface area contributed by atoms with Crippen LogP contribution in [0.4, 0.5) is 4.79 Å². The van der Waals surface area contributed by atoms with E-state index in [1.165, 1.54) is 0 Å². The van der Waals surface area contributed by atoms with Gasteiger partial charge in [0.15, 0.2) is 0 Å². The molecule has 0 spiro atoms. The molecule has 2 atom stereocenters. The van der Waals surface area contributed by atoms with Crippen LogP contribution in [0, 0.1) is 5.92 Å². The lowest BCUT2D eigenvalue weighted by Crippen LogP contribution is -2.49. The smallest absolute Gasteiger partial charge is 0.410 e. The Balaban J connectivity index is 2.51. The van der Waals surface area contributed by atoms with E-state index in [0.717, 1.165) is 0 Å². The van der Waals surface area contributed by atoms with Crippen molar-refractivity contribution in [2.24, 2.45) is 5.92 Å². The van der Waals surface area contributed by atoms with Crippen molar-refractivity contribution < 1.29 is 24.1 Å². The van der Waals surface area contributed by atoms with Gasteiger partial charge in [0.1, 0.15) is 12.4 Å². The van der Waals surface area contributed by atoms with Crippen LogP contribution in [0.5, 0.6) is 0 Å². The molecule has 112 valence electrons. The number of hydrogen-bond donors (Lipinski definition) is 1. The summed E-state index contributed by atoms with van der Waals surface area (Å²) >= 11 is 0. The lowest BCUT2D eigenvalue weighted by molar-refractivity contribution is -0.117. The standard InChI is InChI=1S/C13H25NO5/c1-13(2,3)19-12(16)14-6-5-11(18-9-17-4)10(7-14)8-15/h10-11,15H,5-9H2,1-4H3/t10-,11-/m1/s1. The van der Waals surface area contributed by atoms with Crippen LogP contribution in [0.1, 0.15) is 27.2 Å². The van der Waals surface area contributed by atoms with Gasteiger partial charge in [0.25, 0.3) is 0 Å². The van der Waals surface area contributed by atoms with Gasteiger partial charge in [0, 0.05) is 26.1 Å². The third-order valence-electron chi connectivity index (χ3n) is 2.95. The second kappa shape index (κ2) is 7.07. The molecule has 0 saturated carbocycles. The molecule has 0 aromatic rings. The Hall–Kier alpha value is -0.850. The van der Waals surface area contributed by atoms with Crippen molar-refractivity contribution in [1.29, 1.82) is 0 Å². The van der Waals surface area contributed by atoms with Gasteiger partial charge < -0.3 is 24.2 Å². The van der Waals surface area contributed by atoms with Gasteiger partial charge in [0.05, 0.1) is 12.7 Å². The van der Waals surface area contributed by atoms with Crippen LogP contribution >= 0.6 is 0 Å². The van der Waals surface area contributed by atoms with Crippen molar-refractivity contribution in [3.8, 4) is 0 Å². The first-order valence-corrected chi connectivity index (χ1v) is 6.56. The second-order valence-electron chi connectivity index (χ2n) is 5.77. The van der Waals surface area contributed by atoms with E-state index in [0.29, 0.717) is 19.5 Å². The van der Waals surface area contributed by atoms with Gasteiger partial charge in [0.2, 0.25) is 0 Å². The molecule has 0 aromatic heterocycles. The first kappa shape index (κ1) is 16.2. The number of amides is 1. The van der Waals surface area contributed by atoms with E-state index in [2.05, 4.69) is 0 Å². The van der Waals surface area contributed by atoms with E-state index in [-0.39, 0.29) is 31.5 Å². The summed E-state index contributed by atoms with van der Waals surface area (Å²) in [6.07, 6.45) is 0.258. The van der Waals surface area contributed by atoms with E-state index in [1.807, 2.05) is 20.8 Å². The Kier molecular flexibility index (Phi) is 6.03. The first-order chi connectivity index (χ1) is 8.87. The Morgan fingerprint density at radius 3 is 2.63 bits per heavy atom. The van der Waals surface area contributed by atoms with Crippen molar-refractivity contribution in [1.82, 2.24) is 4.90 Å². The number of aliphatic hydroxyl groups excluding tert-OH is 1. The number of carbonyl (C=O) groups excluding carboxylic acids is 1. The van der Waals surface area contributed by atoms with Gasteiger partial charge in [-0.25, -0.2) is 4.79 Å². The van der Waals surface area contributed by atoms with E-state index in [1.54, 1.807) is 12.0 Å². The Morgan fingerprint density at radius 1 is 1.42 bits per heavy atom. The summed E-state index contributed by atoms with van der Waals surface area (Å²) < 4.78 is 15.7. The van der Waals surface area contributed by atoms with E-state index >= 15 is 0 Å². The van der Waals surface area contributed by atoms with Crippen molar-refractivity contribution in [2.45, 2.75) is 38.9 Å². The number of rotatable bonds is 4. The molecule has 0 aliphatic carbocycles. The van der Waals surface area contributed by atoms with Crippen LogP contribution in [-0.2, 0) is 14.2 Å². The summed E-state index contributed by atoms with van der Waals surface area (Å²) in [5.74, 6) is -0.101. The predicted octanol–water partition coefficient (Wildman–Crippen LogP) is 1.22. The zero-order chi connectivity index (χ0) is 14.5. The van der Waals surface area contributed by atoms with Crippen molar-refractivity contribution in [3.63, 3.8) is 0 Å². The average Bonchev–Trinajstić information content (AvgIpc) is 2.34. The summed E-state index contributed by atoms with van der Waals surface area (Å²) in [4.78, 5) is 13.6. The number of hydrogen-bond acceptors (Lipinski definition) is 5.